The maximum absolute atomic E-state index is 10.8. The third-order valence-electron chi connectivity index (χ3n) is 7.44. The standard InChI is InChI=1S/C32H18O/c33-28-17-22-6-2-5-20-11-14-26-24(15-16-27(28)32(26)30(20)22)23-12-9-21-8-7-18-3-1-4-19-10-13-25(23)31(21)29(18)19/h1-17,33H. The molecule has 8 aromatic rings. The van der Waals surface area contributed by atoms with Crippen LogP contribution in [0.1, 0.15) is 0 Å². The number of phenolic OH excluding ortho intramolecular Hbond substituents is 1. The highest BCUT2D eigenvalue weighted by Gasteiger charge is 2.17. The molecule has 0 amide bonds. The van der Waals surface area contributed by atoms with Crippen LogP contribution >= 0.6 is 0 Å². The summed E-state index contributed by atoms with van der Waals surface area (Å²) in [6.07, 6.45) is 0. The molecular weight excluding hydrogens is 400 g/mol. The van der Waals surface area contributed by atoms with E-state index in [9.17, 15) is 5.11 Å². The monoisotopic (exact) mass is 418 g/mol. The van der Waals surface area contributed by atoms with Crippen molar-refractivity contribution in [1.29, 1.82) is 0 Å². The van der Waals surface area contributed by atoms with Gasteiger partial charge in [0, 0.05) is 10.8 Å². The van der Waals surface area contributed by atoms with Crippen LogP contribution in [-0.4, -0.2) is 5.11 Å². The quantitative estimate of drug-likeness (QED) is 0.264. The summed E-state index contributed by atoms with van der Waals surface area (Å²) in [4.78, 5) is 0. The minimum absolute atomic E-state index is 0.341. The maximum Gasteiger partial charge on any atom is 0.124 e. The van der Waals surface area contributed by atoms with Crippen LogP contribution in [0.15, 0.2) is 103 Å². The van der Waals surface area contributed by atoms with Crippen LogP contribution in [0.2, 0.25) is 0 Å². The van der Waals surface area contributed by atoms with Gasteiger partial charge in [-0.2, -0.15) is 0 Å². The van der Waals surface area contributed by atoms with Crippen LogP contribution in [0.25, 0.3) is 75.8 Å². The summed E-state index contributed by atoms with van der Waals surface area (Å²) >= 11 is 0. The second kappa shape index (κ2) is 5.90. The predicted molar refractivity (Wildman–Crippen MR) is 141 cm³/mol. The molecule has 0 atom stereocenters. The van der Waals surface area contributed by atoms with Crippen molar-refractivity contribution in [2.75, 3.05) is 0 Å². The van der Waals surface area contributed by atoms with E-state index < -0.39 is 0 Å². The molecular formula is C32H18O. The van der Waals surface area contributed by atoms with Crippen molar-refractivity contribution in [3.63, 3.8) is 0 Å². The average Bonchev–Trinajstić information content (AvgIpc) is 2.86. The highest BCUT2D eigenvalue weighted by molar-refractivity contribution is 6.30. The van der Waals surface area contributed by atoms with Gasteiger partial charge >= 0.3 is 0 Å². The largest absolute Gasteiger partial charge is 0.507 e. The van der Waals surface area contributed by atoms with Crippen LogP contribution in [0.3, 0.4) is 0 Å². The van der Waals surface area contributed by atoms with Crippen molar-refractivity contribution < 1.29 is 5.11 Å². The van der Waals surface area contributed by atoms with Crippen LogP contribution in [0.4, 0.5) is 0 Å². The van der Waals surface area contributed by atoms with Crippen molar-refractivity contribution in [3.05, 3.63) is 103 Å². The normalized spacial score (nSPS) is 12.4. The number of hydrogen-bond acceptors (Lipinski definition) is 1. The topological polar surface area (TPSA) is 20.2 Å². The molecule has 0 aliphatic rings. The fourth-order valence-electron chi connectivity index (χ4n) is 6.02. The van der Waals surface area contributed by atoms with Crippen molar-refractivity contribution >= 4 is 64.6 Å². The second-order valence-electron chi connectivity index (χ2n) is 9.09. The number of aromatic hydroxyl groups is 1. The minimum atomic E-state index is 0.341. The minimum Gasteiger partial charge on any atom is -0.507 e. The Balaban J connectivity index is 1.57. The van der Waals surface area contributed by atoms with Gasteiger partial charge in [-0.1, -0.05) is 91.0 Å². The fourth-order valence-corrected chi connectivity index (χ4v) is 6.02. The molecule has 0 aliphatic heterocycles. The molecule has 0 saturated carbocycles. The summed E-state index contributed by atoms with van der Waals surface area (Å²) in [6.45, 7) is 0. The molecule has 0 aromatic heterocycles. The highest BCUT2D eigenvalue weighted by Crippen LogP contribution is 2.45. The first kappa shape index (κ1) is 17.2. The molecule has 0 saturated heterocycles. The number of phenols is 1. The Hall–Kier alpha value is -4.36. The lowest BCUT2D eigenvalue weighted by molar-refractivity contribution is 0.482. The molecule has 0 heterocycles. The maximum atomic E-state index is 10.8. The van der Waals surface area contributed by atoms with Gasteiger partial charge in [0.15, 0.2) is 0 Å². The van der Waals surface area contributed by atoms with Gasteiger partial charge in [0.2, 0.25) is 0 Å². The van der Waals surface area contributed by atoms with E-state index in [4.69, 9.17) is 0 Å². The summed E-state index contributed by atoms with van der Waals surface area (Å²) < 4.78 is 0. The molecule has 1 nitrogen and oxygen atoms in total. The SMILES string of the molecule is Oc1cc2cccc3ccc4c(-c5ccc6ccc7cccc8ccc5c6c78)ccc1c4c32. The van der Waals surface area contributed by atoms with E-state index in [1.165, 1.54) is 59.6 Å². The molecule has 0 bridgehead atoms. The molecule has 8 rings (SSSR count). The zero-order chi connectivity index (χ0) is 21.7. The third-order valence-corrected chi connectivity index (χ3v) is 7.44. The first-order chi connectivity index (χ1) is 16.3. The summed E-state index contributed by atoms with van der Waals surface area (Å²) in [7, 11) is 0. The lowest BCUT2D eigenvalue weighted by atomic mass is 9.86. The lowest BCUT2D eigenvalue weighted by Gasteiger charge is -2.18. The first-order valence-corrected chi connectivity index (χ1v) is 11.3. The number of benzene rings is 8. The number of rotatable bonds is 1. The smallest absolute Gasteiger partial charge is 0.124 e. The summed E-state index contributed by atoms with van der Waals surface area (Å²) in [6, 6.07) is 36.9. The van der Waals surface area contributed by atoms with E-state index in [-0.39, 0.29) is 0 Å². The molecule has 1 heteroatoms. The Kier molecular flexibility index (Phi) is 3.08. The Morgan fingerprint density at radius 1 is 0.364 bits per heavy atom. The van der Waals surface area contributed by atoms with Gasteiger partial charge in [0.05, 0.1) is 0 Å². The van der Waals surface area contributed by atoms with Gasteiger partial charge in [0.1, 0.15) is 5.75 Å². The van der Waals surface area contributed by atoms with Crippen molar-refractivity contribution in [1.82, 2.24) is 0 Å². The molecule has 0 unspecified atom stereocenters. The molecule has 0 fully saturated rings. The zero-order valence-electron chi connectivity index (χ0n) is 17.8. The molecule has 0 radical (unpaired) electrons. The van der Waals surface area contributed by atoms with Crippen LogP contribution in [-0.2, 0) is 0 Å². The van der Waals surface area contributed by atoms with E-state index in [0.717, 1.165) is 16.2 Å². The van der Waals surface area contributed by atoms with Crippen molar-refractivity contribution in [2.45, 2.75) is 0 Å². The van der Waals surface area contributed by atoms with E-state index in [1.807, 2.05) is 6.07 Å². The zero-order valence-corrected chi connectivity index (χ0v) is 17.8. The summed E-state index contributed by atoms with van der Waals surface area (Å²) in [5.74, 6) is 0.341. The van der Waals surface area contributed by atoms with Gasteiger partial charge in [-0.3, -0.25) is 0 Å². The van der Waals surface area contributed by atoms with Crippen molar-refractivity contribution in [3.8, 4) is 16.9 Å². The molecule has 0 spiro atoms. The fraction of sp³-hybridized carbons (Fsp3) is 0. The molecule has 33 heavy (non-hydrogen) atoms. The Bertz CT molecular complexity index is 2010. The average molecular weight is 418 g/mol. The Morgan fingerprint density at radius 2 is 0.818 bits per heavy atom. The predicted octanol–water partition coefficient (Wildman–Crippen LogP) is 8.85. The van der Waals surface area contributed by atoms with Crippen LogP contribution in [0, 0.1) is 0 Å². The third kappa shape index (κ3) is 2.12. The molecule has 0 aliphatic carbocycles. The van der Waals surface area contributed by atoms with Gasteiger partial charge < -0.3 is 5.11 Å². The first-order valence-electron chi connectivity index (χ1n) is 11.3. The molecule has 8 aromatic carbocycles. The molecule has 152 valence electrons. The van der Waals surface area contributed by atoms with Gasteiger partial charge in [0.25, 0.3) is 0 Å². The van der Waals surface area contributed by atoms with E-state index in [1.54, 1.807) is 0 Å². The molecule has 1 N–H and O–H groups in total. The second-order valence-corrected chi connectivity index (χ2v) is 9.09. The van der Waals surface area contributed by atoms with E-state index in [0.29, 0.717) is 5.75 Å². The van der Waals surface area contributed by atoms with E-state index >= 15 is 0 Å². The van der Waals surface area contributed by atoms with E-state index in [2.05, 4.69) is 97.1 Å². The number of hydrogen-bond donors (Lipinski definition) is 1. The van der Waals surface area contributed by atoms with Gasteiger partial charge in [-0.15, -0.1) is 0 Å². The van der Waals surface area contributed by atoms with Gasteiger partial charge in [-0.05, 0) is 77.1 Å². The lowest BCUT2D eigenvalue weighted by Crippen LogP contribution is -1.90. The Labute approximate surface area is 189 Å². The highest BCUT2D eigenvalue weighted by atomic mass is 16.3. The van der Waals surface area contributed by atoms with Crippen molar-refractivity contribution in [2.24, 2.45) is 0 Å². The summed E-state index contributed by atoms with van der Waals surface area (Å²) in [5.41, 5.74) is 2.44. The van der Waals surface area contributed by atoms with Crippen LogP contribution < -0.4 is 0 Å². The van der Waals surface area contributed by atoms with Gasteiger partial charge in [-0.25, -0.2) is 0 Å². The Morgan fingerprint density at radius 3 is 1.52 bits per heavy atom. The van der Waals surface area contributed by atoms with Crippen LogP contribution in [0.5, 0.6) is 5.75 Å². The summed E-state index contributed by atoms with van der Waals surface area (Å²) in [5, 5.41) is 25.3.